The van der Waals surface area contributed by atoms with Crippen LogP contribution in [-0.2, 0) is 0 Å². The van der Waals surface area contributed by atoms with E-state index in [9.17, 15) is 9.59 Å². The van der Waals surface area contributed by atoms with Crippen LogP contribution in [-0.4, -0.2) is 45.1 Å². The average Bonchev–Trinajstić information content (AvgIpc) is 3.49. The molecule has 1 aliphatic rings. The predicted molar refractivity (Wildman–Crippen MR) is 149 cm³/mol. The van der Waals surface area contributed by atoms with Gasteiger partial charge in [0.05, 0.1) is 29.4 Å². The SMILES string of the molecule is COc1cccc(-c2cc(C(=O)N3CCC(n4c(=O)[nH]c5ccccc54)CC3)c(C)n2-c2ccccc2)c1. The van der Waals surface area contributed by atoms with Crippen LogP contribution in [0.1, 0.15) is 34.9 Å². The Morgan fingerprint density at radius 1 is 0.921 bits per heavy atom. The van der Waals surface area contributed by atoms with Crippen LogP contribution in [0, 0.1) is 6.92 Å². The number of ether oxygens (including phenoxy) is 1. The number of piperidine rings is 1. The summed E-state index contributed by atoms with van der Waals surface area (Å²) in [5, 5.41) is 0. The van der Waals surface area contributed by atoms with Crippen molar-refractivity contribution in [3.05, 3.63) is 107 Å². The van der Waals surface area contributed by atoms with Crippen molar-refractivity contribution in [3.8, 4) is 22.7 Å². The highest BCUT2D eigenvalue weighted by Crippen LogP contribution is 2.33. The number of hydrogen-bond acceptors (Lipinski definition) is 3. The number of aromatic nitrogens is 3. The highest BCUT2D eigenvalue weighted by atomic mass is 16.5. The average molecular weight is 507 g/mol. The number of H-pyrrole nitrogens is 1. The van der Waals surface area contributed by atoms with E-state index in [2.05, 4.69) is 21.7 Å². The molecule has 1 fully saturated rings. The fraction of sp³-hybridized carbons (Fsp3) is 0.226. The summed E-state index contributed by atoms with van der Waals surface area (Å²) < 4.78 is 9.46. The second-order valence-electron chi connectivity index (χ2n) is 9.77. The van der Waals surface area contributed by atoms with Crippen molar-refractivity contribution in [2.24, 2.45) is 0 Å². The van der Waals surface area contributed by atoms with Crippen molar-refractivity contribution in [1.29, 1.82) is 0 Å². The summed E-state index contributed by atoms with van der Waals surface area (Å²) in [5.74, 6) is 0.787. The molecule has 5 aromatic rings. The van der Waals surface area contributed by atoms with Gasteiger partial charge in [0, 0.05) is 36.1 Å². The number of nitrogens with zero attached hydrogens (tertiary/aromatic N) is 3. The van der Waals surface area contributed by atoms with Crippen molar-refractivity contribution in [3.63, 3.8) is 0 Å². The first-order valence-electron chi connectivity index (χ1n) is 13.0. The predicted octanol–water partition coefficient (Wildman–Crippen LogP) is 5.58. The van der Waals surface area contributed by atoms with Crippen LogP contribution in [0.5, 0.6) is 5.75 Å². The number of hydrogen-bond donors (Lipinski definition) is 1. The van der Waals surface area contributed by atoms with Crippen LogP contribution >= 0.6 is 0 Å². The Labute approximate surface area is 220 Å². The van der Waals surface area contributed by atoms with Crippen LogP contribution in [0.15, 0.2) is 89.7 Å². The van der Waals surface area contributed by atoms with Crippen molar-refractivity contribution in [2.45, 2.75) is 25.8 Å². The number of fused-ring (bicyclic) bond motifs is 1. The molecule has 192 valence electrons. The van der Waals surface area contributed by atoms with E-state index in [1.165, 1.54) is 0 Å². The summed E-state index contributed by atoms with van der Waals surface area (Å²) in [7, 11) is 1.66. The molecule has 7 heteroatoms. The number of rotatable bonds is 5. The van der Waals surface area contributed by atoms with Crippen LogP contribution in [0.25, 0.3) is 28.0 Å². The summed E-state index contributed by atoms with van der Waals surface area (Å²) in [4.78, 5) is 31.4. The molecule has 0 bridgehead atoms. The van der Waals surface area contributed by atoms with Gasteiger partial charge in [0.1, 0.15) is 5.75 Å². The number of methoxy groups -OCH3 is 1. The maximum absolute atomic E-state index is 13.9. The monoisotopic (exact) mass is 506 g/mol. The van der Waals surface area contributed by atoms with Crippen molar-refractivity contribution in [1.82, 2.24) is 19.0 Å². The molecule has 1 N–H and O–H groups in total. The summed E-state index contributed by atoms with van der Waals surface area (Å²) in [6, 6.07) is 27.8. The molecule has 0 atom stereocenters. The fourth-order valence-electron chi connectivity index (χ4n) is 5.66. The number of amides is 1. The van der Waals surface area contributed by atoms with E-state index < -0.39 is 0 Å². The van der Waals surface area contributed by atoms with Crippen molar-refractivity contribution >= 4 is 16.9 Å². The zero-order valence-corrected chi connectivity index (χ0v) is 21.6. The lowest BCUT2D eigenvalue weighted by Crippen LogP contribution is -2.40. The van der Waals surface area contributed by atoms with E-state index in [-0.39, 0.29) is 17.6 Å². The zero-order chi connectivity index (χ0) is 26.2. The first kappa shape index (κ1) is 23.9. The molecule has 38 heavy (non-hydrogen) atoms. The maximum atomic E-state index is 13.9. The van der Waals surface area contributed by atoms with E-state index in [0.29, 0.717) is 18.7 Å². The van der Waals surface area contributed by atoms with Gasteiger partial charge < -0.3 is 19.2 Å². The molecule has 3 heterocycles. The second kappa shape index (κ2) is 9.74. The van der Waals surface area contributed by atoms with Gasteiger partial charge in [-0.25, -0.2) is 4.79 Å². The number of para-hydroxylation sites is 3. The standard InChI is InChI=1S/C31H30N4O3/c1-21-26(20-29(22-9-8-12-25(19-22)38-2)34(21)23-10-4-3-5-11-23)30(36)33-17-15-24(16-18-33)35-28-14-7-6-13-27(28)32-31(35)37/h3-14,19-20,24H,15-18H2,1-2H3,(H,32,37). The van der Waals surface area contributed by atoms with E-state index in [0.717, 1.165) is 52.3 Å². The van der Waals surface area contributed by atoms with Gasteiger partial charge in [-0.05, 0) is 62.2 Å². The van der Waals surface area contributed by atoms with Crippen LogP contribution in [0.4, 0.5) is 0 Å². The van der Waals surface area contributed by atoms with E-state index >= 15 is 0 Å². The molecule has 1 amide bonds. The lowest BCUT2D eigenvalue weighted by Gasteiger charge is -2.32. The van der Waals surface area contributed by atoms with Crippen LogP contribution < -0.4 is 10.4 Å². The Morgan fingerprint density at radius 3 is 2.42 bits per heavy atom. The van der Waals surface area contributed by atoms with Gasteiger partial charge in [-0.2, -0.15) is 0 Å². The second-order valence-corrected chi connectivity index (χ2v) is 9.77. The summed E-state index contributed by atoms with van der Waals surface area (Å²) >= 11 is 0. The Morgan fingerprint density at radius 2 is 1.66 bits per heavy atom. The van der Waals surface area contributed by atoms with Gasteiger partial charge in [0.15, 0.2) is 0 Å². The lowest BCUT2D eigenvalue weighted by molar-refractivity contribution is 0.0694. The molecule has 3 aromatic carbocycles. The summed E-state index contributed by atoms with van der Waals surface area (Å²) in [5.41, 5.74) is 6.18. The fourth-order valence-corrected chi connectivity index (χ4v) is 5.66. The van der Waals surface area contributed by atoms with Gasteiger partial charge >= 0.3 is 5.69 Å². The number of likely N-dealkylation sites (tertiary alicyclic amines) is 1. The maximum Gasteiger partial charge on any atom is 0.326 e. The Balaban J connectivity index is 1.31. The van der Waals surface area contributed by atoms with Gasteiger partial charge in [0.25, 0.3) is 5.91 Å². The van der Waals surface area contributed by atoms with Gasteiger partial charge in [-0.1, -0.05) is 42.5 Å². The third kappa shape index (κ3) is 4.10. The number of aromatic amines is 1. The minimum absolute atomic E-state index is 0.0195. The largest absolute Gasteiger partial charge is 0.497 e. The number of nitrogens with one attached hydrogen (secondary N) is 1. The third-order valence-corrected chi connectivity index (χ3v) is 7.60. The highest BCUT2D eigenvalue weighted by Gasteiger charge is 2.29. The molecule has 0 aliphatic carbocycles. The van der Waals surface area contributed by atoms with E-state index in [1.807, 2.05) is 89.2 Å². The molecule has 0 radical (unpaired) electrons. The van der Waals surface area contributed by atoms with Crippen molar-refractivity contribution in [2.75, 3.05) is 20.2 Å². The number of carbonyl (C=O) groups is 1. The molecular formula is C31H30N4O3. The minimum Gasteiger partial charge on any atom is -0.497 e. The number of carbonyl (C=O) groups excluding carboxylic acids is 1. The van der Waals surface area contributed by atoms with Crippen LogP contribution in [0.2, 0.25) is 0 Å². The first-order valence-corrected chi connectivity index (χ1v) is 13.0. The topological polar surface area (TPSA) is 72.3 Å². The molecule has 0 unspecified atom stereocenters. The quantitative estimate of drug-likeness (QED) is 0.338. The molecule has 0 spiro atoms. The number of benzene rings is 3. The molecular weight excluding hydrogens is 476 g/mol. The molecule has 6 rings (SSSR count). The normalized spacial score (nSPS) is 14.2. The molecule has 0 saturated carbocycles. The van der Waals surface area contributed by atoms with E-state index in [4.69, 9.17) is 4.74 Å². The zero-order valence-electron chi connectivity index (χ0n) is 21.6. The Hall–Kier alpha value is -4.52. The smallest absolute Gasteiger partial charge is 0.326 e. The van der Waals surface area contributed by atoms with Crippen LogP contribution in [0.3, 0.4) is 0 Å². The Bertz CT molecular complexity index is 1670. The molecule has 1 saturated heterocycles. The molecule has 1 aliphatic heterocycles. The highest BCUT2D eigenvalue weighted by molar-refractivity contribution is 5.97. The van der Waals surface area contributed by atoms with Gasteiger partial charge in [0.2, 0.25) is 0 Å². The number of imidazole rings is 1. The summed E-state index contributed by atoms with van der Waals surface area (Å²) in [6.07, 6.45) is 1.46. The Kier molecular flexibility index (Phi) is 6.12. The minimum atomic E-state index is -0.0883. The van der Waals surface area contributed by atoms with Gasteiger partial charge in [-0.3, -0.25) is 9.36 Å². The first-order chi connectivity index (χ1) is 18.5. The van der Waals surface area contributed by atoms with Crippen molar-refractivity contribution < 1.29 is 9.53 Å². The molecule has 7 nitrogen and oxygen atoms in total. The third-order valence-electron chi connectivity index (χ3n) is 7.60. The summed E-state index contributed by atoms with van der Waals surface area (Å²) in [6.45, 7) is 3.20. The lowest BCUT2D eigenvalue weighted by atomic mass is 10.0. The molecule has 2 aromatic heterocycles. The van der Waals surface area contributed by atoms with Gasteiger partial charge in [-0.15, -0.1) is 0 Å². The van der Waals surface area contributed by atoms with E-state index in [1.54, 1.807) is 7.11 Å².